The van der Waals surface area contributed by atoms with Gasteiger partial charge >= 0.3 is 0 Å². The van der Waals surface area contributed by atoms with Crippen LogP contribution in [0.2, 0.25) is 0 Å². The van der Waals surface area contributed by atoms with Gasteiger partial charge in [0.25, 0.3) is 0 Å². The zero-order valence-electron chi connectivity index (χ0n) is 9.63. The number of hydrogen-bond acceptors (Lipinski definition) is 2. The molecule has 0 amide bonds. The van der Waals surface area contributed by atoms with Gasteiger partial charge in [0, 0.05) is 5.56 Å². The number of hydrogen-bond donors (Lipinski definition) is 2. The van der Waals surface area contributed by atoms with E-state index in [1.807, 2.05) is 0 Å². The molecule has 0 aliphatic heterocycles. The Kier molecular flexibility index (Phi) is 3.82. The maximum absolute atomic E-state index is 13.7. The zero-order chi connectivity index (χ0) is 14.0. The summed E-state index contributed by atoms with van der Waals surface area (Å²) >= 11 is 0. The normalized spacial score (nSPS) is 12.5. The predicted molar refractivity (Wildman–Crippen MR) is 61.9 cm³/mol. The molecular weight excluding hydrogens is 260 g/mol. The quantitative estimate of drug-likeness (QED) is 0.389. The van der Waals surface area contributed by atoms with Crippen LogP contribution in [0.4, 0.5) is 17.6 Å². The van der Waals surface area contributed by atoms with Gasteiger partial charge in [0.2, 0.25) is 0 Å². The van der Waals surface area contributed by atoms with Crippen molar-refractivity contribution in [1.29, 1.82) is 0 Å². The summed E-state index contributed by atoms with van der Waals surface area (Å²) in [5, 5.41) is 0. The van der Waals surface area contributed by atoms with Crippen LogP contribution in [0.15, 0.2) is 36.4 Å². The maximum Gasteiger partial charge on any atom is 0.194 e. The fourth-order valence-corrected chi connectivity index (χ4v) is 1.78. The third-order valence-electron chi connectivity index (χ3n) is 2.75. The van der Waals surface area contributed by atoms with Crippen LogP contribution >= 0.6 is 0 Å². The summed E-state index contributed by atoms with van der Waals surface area (Å²) in [6.45, 7) is 0. The van der Waals surface area contributed by atoms with Crippen LogP contribution in [0.5, 0.6) is 0 Å². The molecule has 2 aromatic rings. The van der Waals surface area contributed by atoms with Crippen LogP contribution < -0.4 is 11.3 Å². The van der Waals surface area contributed by atoms with Gasteiger partial charge in [-0.3, -0.25) is 5.84 Å². The number of halogens is 4. The van der Waals surface area contributed by atoms with Crippen molar-refractivity contribution in [2.75, 3.05) is 0 Å². The molecule has 0 aliphatic rings. The number of nitrogens with one attached hydrogen (secondary N) is 1. The van der Waals surface area contributed by atoms with Crippen molar-refractivity contribution in [2.45, 2.75) is 6.04 Å². The van der Waals surface area contributed by atoms with E-state index in [9.17, 15) is 17.6 Å². The van der Waals surface area contributed by atoms with E-state index in [0.717, 1.165) is 24.3 Å². The Morgan fingerprint density at radius 1 is 0.842 bits per heavy atom. The summed E-state index contributed by atoms with van der Waals surface area (Å²) < 4.78 is 52.6. The highest BCUT2D eigenvalue weighted by atomic mass is 19.2. The predicted octanol–water partition coefficient (Wildman–Crippen LogP) is 2.80. The van der Waals surface area contributed by atoms with Crippen LogP contribution in [0.25, 0.3) is 0 Å². The standard InChI is InChI=1S/C13H10F4N2/c14-8-3-1-7(2-4-8)13(19-18)9-5-6-10(15)12(17)11(9)16/h1-6,13,19H,18H2. The van der Waals surface area contributed by atoms with E-state index in [1.54, 1.807) is 0 Å². The molecule has 100 valence electrons. The van der Waals surface area contributed by atoms with Crippen molar-refractivity contribution >= 4 is 0 Å². The summed E-state index contributed by atoms with van der Waals surface area (Å²) in [5.74, 6) is 0.660. The first-order valence-corrected chi connectivity index (χ1v) is 5.39. The first kappa shape index (κ1) is 13.5. The molecule has 2 rings (SSSR count). The van der Waals surface area contributed by atoms with Crippen molar-refractivity contribution in [3.05, 3.63) is 70.8 Å². The third kappa shape index (κ3) is 2.59. The summed E-state index contributed by atoms with van der Waals surface area (Å²) in [4.78, 5) is 0. The third-order valence-corrected chi connectivity index (χ3v) is 2.75. The first-order chi connectivity index (χ1) is 9.04. The molecule has 0 aliphatic carbocycles. The zero-order valence-corrected chi connectivity index (χ0v) is 9.63. The highest BCUT2D eigenvalue weighted by Crippen LogP contribution is 2.26. The summed E-state index contributed by atoms with van der Waals surface area (Å²) in [6, 6.07) is 6.06. The minimum Gasteiger partial charge on any atom is -0.271 e. The number of nitrogens with two attached hydrogens (primary N) is 1. The second kappa shape index (κ2) is 5.38. The molecule has 0 spiro atoms. The molecule has 0 saturated heterocycles. The van der Waals surface area contributed by atoms with Crippen molar-refractivity contribution < 1.29 is 17.6 Å². The van der Waals surface area contributed by atoms with Gasteiger partial charge < -0.3 is 0 Å². The molecule has 3 N–H and O–H groups in total. The van der Waals surface area contributed by atoms with Gasteiger partial charge in [-0.05, 0) is 23.8 Å². The second-order valence-corrected chi connectivity index (χ2v) is 3.92. The van der Waals surface area contributed by atoms with E-state index in [4.69, 9.17) is 5.84 Å². The molecule has 1 unspecified atom stereocenters. The van der Waals surface area contributed by atoms with Crippen molar-refractivity contribution in [1.82, 2.24) is 5.43 Å². The van der Waals surface area contributed by atoms with Gasteiger partial charge in [0.05, 0.1) is 6.04 Å². The Morgan fingerprint density at radius 3 is 2.05 bits per heavy atom. The molecule has 0 saturated carbocycles. The lowest BCUT2D eigenvalue weighted by atomic mass is 9.98. The fourth-order valence-electron chi connectivity index (χ4n) is 1.78. The highest BCUT2D eigenvalue weighted by molar-refractivity contribution is 5.33. The van der Waals surface area contributed by atoms with Crippen molar-refractivity contribution in [3.8, 4) is 0 Å². The molecule has 2 nitrogen and oxygen atoms in total. The van der Waals surface area contributed by atoms with Crippen LogP contribution in [-0.2, 0) is 0 Å². The van der Waals surface area contributed by atoms with E-state index in [1.165, 1.54) is 12.1 Å². The smallest absolute Gasteiger partial charge is 0.194 e. The molecule has 0 fully saturated rings. The molecule has 6 heteroatoms. The van der Waals surface area contributed by atoms with Crippen LogP contribution in [0, 0.1) is 23.3 Å². The minimum atomic E-state index is -1.57. The number of rotatable bonds is 3. The molecule has 1 atom stereocenters. The average Bonchev–Trinajstić information content (AvgIpc) is 2.41. The number of hydrazine groups is 1. The molecular formula is C13H10F4N2. The molecule has 2 aromatic carbocycles. The Balaban J connectivity index is 2.48. The Hall–Kier alpha value is -1.92. The highest BCUT2D eigenvalue weighted by Gasteiger charge is 2.21. The van der Waals surface area contributed by atoms with Gasteiger partial charge in [0.1, 0.15) is 5.82 Å². The van der Waals surface area contributed by atoms with Crippen LogP contribution in [0.3, 0.4) is 0 Å². The largest absolute Gasteiger partial charge is 0.271 e. The lowest BCUT2D eigenvalue weighted by Gasteiger charge is -2.18. The lowest BCUT2D eigenvalue weighted by Crippen LogP contribution is -2.29. The van der Waals surface area contributed by atoms with Crippen LogP contribution in [-0.4, -0.2) is 0 Å². The maximum atomic E-state index is 13.7. The molecule has 19 heavy (non-hydrogen) atoms. The van der Waals surface area contributed by atoms with Gasteiger partial charge in [0.15, 0.2) is 17.5 Å². The monoisotopic (exact) mass is 270 g/mol. The summed E-state index contributed by atoms with van der Waals surface area (Å²) in [5.41, 5.74) is 2.56. The van der Waals surface area contributed by atoms with E-state index < -0.39 is 29.3 Å². The molecule has 0 aromatic heterocycles. The van der Waals surface area contributed by atoms with Gasteiger partial charge in [-0.2, -0.15) is 0 Å². The average molecular weight is 270 g/mol. The van der Waals surface area contributed by atoms with Gasteiger partial charge in [-0.15, -0.1) is 0 Å². The van der Waals surface area contributed by atoms with E-state index in [0.29, 0.717) is 5.56 Å². The number of benzene rings is 2. The molecule has 0 bridgehead atoms. The van der Waals surface area contributed by atoms with Crippen molar-refractivity contribution in [2.24, 2.45) is 5.84 Å². The topological polar surface area (TPSA) is 38.0 Å². The van der Waals surface area contributed by atoms with E-state index >= 15 is 0 Å². The van der Waals surface area contributed by atoms with E-state index in [-0.39, 0.29) is 5.56 Å². The summed E-state index contributed by atoms with van der Waals surface area (Å²) in [6.07, 6.45) is 0. The van der Waals surface area contributed by atoms with Gasteiger partial charge in [-0.1, -0.05) is 18.2 Å². The first-order valence-electron chi connectivity index (χ1n) is 5.39. The Labute approximate surface area is 106 Å². The SMILES string of the molecule is NNC(c1ccc(F)cc1)c1ccc(F)c(F)c1F. The Morgan fingerprint density at radius 2 is 1.47 bits per heavy atom. The molecule has 0 radical (unpaired) electrons. The van der Waals surface area contributed by atoms with Gasteiger partial charge in [-0.25, -0.2) is 23.0 Å². The van der Waals surface area contributed by atoms with Crippen LogP contribution in [0.1, 0.15) is 17.2 Å². The minimum absolute atomic E-state index is 0.159. The van der Waals surface area contributed by atoms with E-state index in [2.05, 4.69) is 5.43 Å². The Bertz CT molecular complexity index is 584. The summed E-state index contributed by atoms with van der Waals surface area (Å²) in [7, 11) is 0. The lowest BCUT2D eigenvalue weighted by molar-refractivity contribution is 0.433. The fraction of sp³-hybridized carbons (Fsp3) is 0.0769. The van der Waals surface area contributed by atoms with Crippen molar-refractivity contribution in [3.63, 3.8) is 0 Å². The molecule has 0 heterocycles. The second-order valence-electron chi connectivity index (χ2n) is 3.92.